The third kappa shape index (κ3) is 6.39. The summed E-state index contributed by atoms with van der Waals surface area (Å²) < 4.78 is 0. The number of hydrogen-bond donors (Lipinski definition) is 2. The van der Waals surface area contributed by atoms with E-state index in [-0.39, 0.29) is 12.1 Å². The van der Waals surface area contributed by atoms with E-state index < -0.39 is 0 Å². The second kappa shape index (κ2) is 8.90. The maximum Gasteiger partial charge on any atom is 0.0611 e. The van der Waals surface area contributed by atoms with Crippen LogP contribution in [0, 0.1) is 0 Å². The van der Waals surface area contributed by atoms with E-state index in [2.05, 4.69) is 44.8 Å². The molecule has 2 unspecified atom stereocenters. The highest BCUT2D eigenvalue weighted by Crippen LogP contribution is 2.16. The Balaban J connectivity index is 4.32. The quantitative estimate of drug-likeness (QED) is 0.619. The average Bonchev–Trinajstić information content (AvgIpc) is 2.33. The van der Waals surface area contributed by atoms with E-state index in [0.29, 0.717) is 6.04 Å². The van der Waals surface area contributed by atoms with Gasteiger partial charge in [-0.2, -0.15) is 0 Å². The standard InChI is InChI=1S/C14H32N2O/c1-6-9-15-14(5,12-17)11-13(4)16(8-3)10-7-2/h13,15,17H,6-12H2,1-5H3. The molecule has 0 saturated carbocycles. The molecule has 0 aliphatic heterocycles. The van der Waals surface area contributed by atoms with Gasteiger partial charge < -0.3 is 15.3 Å². The zero-order chi connectivity index (χ0) is 13.3. The highest BCUT2D eigenvalue weighted by atomic mass is 16.3. The zero-order valence-electron chi connectivity index (χ0n) is 12.4. The van der Waals surface area contributed by atoms with Crippen molar-refractivity contribution in [2.24, 2.45) is 0 Å². The Morgan fingerprint density at radius 3 is 2.29 bits per heavy atom. The lowest BCUT2D eigenvalue weighted by molar-refractivity contribution is 0.117. The average molecular weight is 244 g/mol. The van der Waals surface area contributed by atoms with Gasteiger partial charge >= 0.3 is 0 Å². The summed E-state index contributed by atoms with van der Waals surface area (Å²) in [5.41, 5.74) is -0.142. The maximum absolute atomic E-state index is 9.56. The molecule has 0 spiro atoms. The van der Waals surface area contributed by atoms with Gasteiger partial charge in [0.15, 0.2) is 0 Å². The Morgan fingerprint density at radius 2 is 1.88 bits per heavy atom. The topological polar surface area (TPSA) is 35.5 Å². The summed E-state index contributed by atoms with van der Waals surface area (Å²) in [6, 6.07) is 0.515. The SMILES string of the molecule is CCCNC(C)(CO)CC(C)N(CC)CCC. The minimum Gasteiger partial charge on any atom is -0.394 e. The summed E-state index contributed by atoms with van der Waals surface area (Å²) in [4.78, 5) is 2.49. The van der Waals surface area contributed by atoms with Crippen LogP contribution in [0.2, 0.25) is 0 Å². The minimum atomic E-state index is -0.142. The molecule has 3 heteroatoms. The van der Waals surface area contributed by atoms with Crippen LogP contribution in [0.3, 0.4) is 0 Å². The molecule has 17 heavy (non-hydrogen) atoms. The van der Waals surface area contributed by atoms with Gasteiger partial charge in [-0.05, 0) is 52.7 Å². The van der Waals surface area contributed by atoms with Crippen molar-refractivity contribution in [2.45, 2.75) is 65.5 Å². The van der Waals surface area contributed by atoms with Gasteiger partial charge in [0.2, 0.25) is 0 Å². The molecule has 0 heterocycles. The van der Waals surface area contributed by atoms with Gasteiger partial charge in [0.1, 0.15) is 0 Å². The first kappa shape index (κ1) is 16.9. The first-order valence-electron chi connectivity index (χ1n) is 7.12. The van der Waals surface area contributed by atoms with Crippen LogP contribution in [0.25, 0.3) is 0 Å². The lowest BCUT2D eigenvalue weighted by Crippen LogP contribution is -2.51. The highest BCUT2D eigenvalue weighted by Gasteiger charge is 2.26. The van der Waals surface area contributed by atoms with Crippen molar-refractivity contribution < 1.29 is 5.11 Å². The van der Waals surface area contributed by atoms with E-state index in [1.807, 2.05) is 0 Å². The van der Waals surface area contributed by atoms with Crippen molar-refractivity contribution in [3.05, 3.63) is 0 Å². The maximum atomic E-state index is 9.56. The smallest absolute Gasteiger partial charge is 0.0611 e. The second-order valence-electron chi connectivity index (χ2n) is 5.33. The predicted molar refractivity (Wildman–Crippen MR) is 75.4 cm³/mol. The van der Waals surface area contributed by atoms with Gasteiger partial charge in [0.25, 0.3) is 0 Å². The van der Waals surface area contributed by atoms with Gasteiger partial charge in [-0.15, -0.1) is 0 Å². The van der Waals surface area contributed by atoms with Crippen molar-refractivity contribution in [2.75, 3.05) is 26.2 Å². The second-order valence-corrected chi connectivity index (χ2v) is 5.33. The van der Waals surface area contributed by atoms with Crippen LogP contribution in [-0.4, -0.2) is 47.8 Å². The fourth-order valence-corrected chi connectivity index (χ4v) is 2.38. The third-order valence-electron chi connectivity index (χ3n) is 3.44. The first-order valence-corrected chi connectivity index (χ1v) is 7.12. The van der Waals surface area contributed by atoms with Crippen LogP contribution in [0.5, 0.6) is 0 Å². The fraction of sp³-hybridized carbons (Fsp3) is 1.00. The summed E-state index contributed by atoms with van der Waals surface area (Å²) in [7, 11) is 0. The number of hydrogen-bond acceptors (Lipinski definition) is 3. The van der Waals surface area contributed by atoms with Crippen molar-refractivity contribution in [1.29, 1.82) is 0 Å². The predicted octanol–water partition coefficient (Wildman–Crippen LogP) is 2.25. The Morgan fingerprint density at radius 1 is 1.24 bits per heavy atom. The summed E-state index contributed by atoms with van der Waals surface area (Å²) in [6.07, 6.45) is 3.30. The fourth-order valence-electron chi connectivity index (χ4n) is 2.38. The molecule has 0 aromatic rings. The Kier molecular flexibility index (Phi) is 8.83. The van der Waals surface area contributed by atoms with Gasteiger partial charge in [-0.1, -0.05) is 20.8 Å². The monoisotopic (exact) mass is 244 g/mol. The Labute approximate surface area is 108 Å². The molecule has 0 aromatic heterocycles. The zero-order valence-corrected chi connectivity index (χ0v) is 12.4. The Bertz CT molecular complexity index is 187. The molecule has 2 atom stereocenters. The van der Waals surface area contributed by atoms with E-state index >= 15 is 0 Å². The van der Waals surface area contributed by atoms with Gasteiger partial charge in [0.05, 0.1) is 6.61 Å². The van der Waals surface area contributed by atoms with Crippen LogP contribution in [0.1, 0.15) is 53.9 Å². The Hall–Kier alpha value is -0.120. The van der Waals surface area contributed by atoms with E-state index in [9.17, 15) is 5.11 Å². The number of aliphatic hydroxyl groups excluding tert-OH is 1. The normalized spacial score (nSPS) is 17.1. The number of rotatable bonds is 10. The van der Waals surface area contributed by atoms with Crippen LogP contribution in [0.4, 0.5) is 0 Å². The van der Waals surface area contributed by atoms with Gasteiger partial charge in [-0.3, -0.25) is 0 Å². The lowest BCUT2D eigenvalue weighted by Gasteiger charge is -2.36. The molecule has 3 nitrogen and oxygen atoms in total. The lowest BCUT2D eigenvalue weighted by atomic mass is 9.93. The van der Waals surface area contributed by atoms with Crippen LogP contribution in [-0.2, 0) is 0 Å². The summed E-state index contributed by atoms with van der Waals surface area (Å²) in [6.45, 7) is 14.4. The van der Waals surface area contributed by atoms with Gasteiger partial charge in [0, 0.05) is 11.6 Å². The third-order valence-corrected chi connectivity index (χ3v) is 3.44. The molecule has 0 radical (unpaired) electrons. The molecular weight excluding hydrogens is 212 g/mol. The molecule has 0 fully saturated rings. The van der Waals surface area contributed by atoms with Crippen molar-refractivity contribution in [3.63, 3.8) is 0 Å². The highest BCUT2D eigenvalue weighted by molar-refractivity contribution is 4.86. The molecule has 0 aliphatic carbocycles. The van der Waals surface area contributed by atoms with Crippen LogP contribution >= 0.6 is 0 Å². The van der Waals surface area contributed by atoms with E-state index in [0.717, 1.165) is 32.5 Å². The molecule has 0 amide bonds. The molecule has 0 saturated heterocycles. The van der Waals surface area contributed by atoms with E-state index in [4.69, 9.17) is 0 Å². The number of aliphatic hydroxyl groups is 1. The van der Waals surface area contributed by atoms with E-state index in [1.54, 1.807) is 0 Å². The molecule has 0 rings (SSSR count). The molecule has 2 N–H and O–H groups in total. The largest absolute Gasteiger partial charge is 0.394 e. The van der Waals surface area contributed by atoms with Crippen LogP contribution < -0.4 is 5.32 Å². The van der Waals surface area contributed by atoms with E-state index in [1.165, 1.54) is 6.42 Å². The van der Waals surface area contributed by atoms with Crippen molar-refractivity contribution in [3.8, 4) is 0 Å². The summed E-state index contributed by atoms with van der Waals surface area (Å²) in [5, 5.41) is 13.0. The summed E-state index contributed by atoms with van der Waals surface area (Å²) in [5.74, 6) is 0. The van der Waals surface area contributed by atoms with Crippen LogP contribution in [0.15, 0.2) is 0 Å². The molecule has 104 valence electrons. The molecule has 0 bridgehead atoms. The minimum absolute atomic E-state index is 0.142. The molecular formula is C14H32N2O. The number of nitrogens with zero attached hydrogens (tertiary/aromatic N) is 1. The van der Waals surface area contributed by atoms with Crippen molar-refractivity contribution in [1.82, 2.24) is 10.2 Å². The van der Waals surface area contributed by atoms with Gasteiger partial charge in [-0.25, -0.2) is 0 Å². The molecule has 0 aromatic carbocycles. The van der Waals surface area contributed by atoms with Crippen molar-refractivity contribution >= 4 is 0 Å². The number of nitrogens with one attached hydrogen (secondary N) is 1. The summed E-state index contributed by atoms with van der Waals surface area (Å²) >= 11 is 0. The molecule has 0 aliphatic rings. The first-order chi connectivity index (χ1) is 8.02.